The zero-order chi connectivity index (χ0) is 19.4. The number of ether oxygens (including phenoxy) is 1. The van der Waals surface area contributed by atoms with Crippen LogP contribution in [0.5, 0.6) is 5.75 Å². The molecule has 8 heteroatoms. The average molecular weight is 371 g/mol. The van der Waals surface area contributed by atoms with Gasteiger partial charge in [-0.3, -0.25) is 19.3 Å². The van der Waals surface area contributed by atoms with E-state index in [4.69, 9.17) is 4.74 Å². The average Bonchev–Trinajstić information content (AvgIpc) is 3.11. The van der Waals surface area contributed by atoms with Crippen molar-refractivity contribution in [3.63, 3.8) is 0 Å². The summed E-state index contributed by atoms with van der Waals surface area (Å²) in [4.78, 5) is 31.2. The molecule has 2 aromatic heterocycles. The zero-order valence-corrected chi connectivity index (χ0v) is 15.9. The van der Waals surface area contributed by atoms with Gasteiger partial charge in [0.2, 0.25) is 11.8 Å². The highest BCUT2D eigenvalue weighted by atomic mass is 16.5. The van der Waals surface area contributed by atoms with Crippen LogP contribution in [0.3, 0.4) is 0 Å². The number of likely N-dealkylation sites (tertiary alicyclic amines) is 1. The molecule has 1 aliphatic heterocycles. The van der Waals surface area contributed by atoms with Crippen LogP contribution in [0.25, 0.3) is 0 Å². The number of rotatable bonds is 6. The third-order valence-corrected chi connectivity index (χ3v) is 5.09. The Hall–Kier alpha value is -2.90. The molecule has 0 saturated carbocycles. The van der Waals surface area contributed by atoms with Crippen LogP contribution in [0.4, 0.5) is 0 Å². The van der Waals surface area contributed by atoms with Gasteiger partial charge in [0.15, 0.2) is 0 Å². The normalized spacial score (nSPS) is 19.8. The van der Waals surface area contributed by atoms with Gasteiger partial charge in [-0.05, 0) is 25.5 Å². The minimum Gasteiger partial charge on any atom is -0.495 e. The van der Waals surface area contributed by atoms with E-state index in [2.05, 4.69) is 15.4 Å². The smallest absolute Gasteiger partial charge is 0.225 e. The van der Waals surface area contributed by atoms with Crippen LogP contribution in [0.15, 0.2) is 30.7 Å². The highest BCUT2D eigenvalue weighted by molar-refractivity contribution is 5.85. The highest BCUT2D eigenvalue weighted by Crippen LogP contribution is 2.36. The van der Waals surface area contributed by atoms with Crippen LogP contribution in [-0.4, -0.2) is 45.1 Å². The molecule has 0 aromatic carbocycles. The van der Waals surface area contributed by atoms with Crippen molar-refractivity contribution in [1.29, 1.82) is 0 Å². The van der Waals surface area contributed by atoms with Gasteiger partial charge in [0.25, 0.3) is 0 Å². The number of nitrogens with one attached hydrogen (secondary N) is 1. The Morgan fingerprint density at radius 3 is 2.85 bits per heavy atom. The number of carbonyl (C=O) groups is 2. The molecule has 2 amide bonds. The first kappa shape index (κ1) is 18.9. The van der Waals surface area contributed by atoms with E-state index in [0.717, 1.165) is 11.3 Å². The number of hydrogen-bond donors (Lipinski definition) is 1. The van der Waals surface area contributed by atoms with E-state index >= 15 is 0 Å². The lowest BCUT2D eigenvalue weighted by atomic mass is 9.85. The minimum absolute atomic E-state index is 0.0727. The van der Waals surface area contributed by atoms with Crippen molar-refractivity contribution in [2.24, 2.45) is 13.0 Å². The van der Waals surface area contributed by atoms with E-state index in [1.807, 2.05) is 26.1 Å². The molecule has 2 aromatic rings. The van der Waals surface area contributed by atoms with Crippen molar-refractivity contribution in [3.05, 3.63) is 42.0 Å². The van der Waals surface area contributed by atoms with Crippen LogP contribution in [-0.2, 0) is 23.2 Å². The number of aryl methyl sites for hydroxylation is 1. The molecule has 3 heterocycles. The van der Waals surface area contributed by atoms with Gasteiger partial charge < -0.3 is 15.0 Å². The van der Waals surface area contributed by atoms with Crippen molar-refractivity contribution in [2.45, 2.75) is 32.4 Å². The first-order valence-electron chi connectivity index (χ1n) is 9.08. The molecule has 1 aliphatic rings. The Bertz CT molecular complexity index is 819. The SMILES string of the molecule is CCN1C(=O)CC[C@H](C(=O)NCc2ccncc2OC)[C@H]1c1ccnn1C. The second-order valence-electron chi connectivity index (χ2n) is 6.55. The Kier molecular flexibility index (Phi) is 5.73. The van der Waals surface area contributed by atoms with Crippen LogP contribution in [0.1, 0.15) is 37.1 Å². The lowest BCUT2D eigenvalue weighted by Gasteiger charge is -2.40. The number of pyridine rings is 1. The third-order valence-electron chi connectivity index (χ3n) is 5.09. The molecule has 3 rings (SSSR count). The van der Waals surface area contributed by atoms with Gasteiger partial charge in [0, 0.05) is 44.5 Å². The second-order valence-corrected chi connectivity index (χ2v) is 6.55. The second kappa shape index (κ2) is 8.20. The van der Waals surface area contributed by atoms with Gasteiger partial charge in [-0.15, -0.1) is 0 Å². The molecule has 0 spiro atoms. The zero-order valence-electron chi connectivity index (χ0n) is 15.9. The van der Waals surface area contributed by atoms with Crippen LogP contribution >= 0.6 is 0 Å². The molecule has 0 aliphatic carbocycles. The summed E-state index contributed by atoms with van der Waals surface area (Å²) in [6.45, 7) is 2.83. The summed E-state index contributed by atoms with van der Waals surface area (Å²) >= 11 is 0. The molecular formula is C19H25N5O3. The Morgan fingerprint density at radius 1 is 1.37 bits per heavy atom. The molecule has 144 valence electrons. The standard InChI is InChI=1S/C19H25N5O3/c1-4-24-17(25)6-5-14(18(24)15-8-10-22-23(15)2)19(26)21-11-13-7-9-20-12-16(13)27-3/h7-10,12,14,18H,4-6,11H2,1-3H3,(H,21,26)/t14-,18-/m0/s1. The molecule has 1 saturated heterocycles. The van der Waals surface area contributed by atoms with Crippen molar-refractivity contribution in [2.75, 3.05) is 13.7 Å². The maximum Gasteiger partial charge on any atom is 0.225 e. The molecule has 0 unspecified atom stereocenters. The predicted octanol–water partition coefficient (Wildman–Crippen LogP) is 1.44. The fourth-order valence-electron chi connectivity index (χ4n) is 3.69. The molecule has 1 fully saturated rings. The fraction of sp³-hybridized carbons (Fsp3) is 0.474. The van der Waals surface area contributed by atoms with E-state index in [9.17, 15) is 9.59 Å². The summed E-state index contributed by atoms with van der Waals surface area (Å²) in [5.74, 6) is 0.301. The van der Waals surface area contributed by atoms with Crippen molar-refractivity contribution in [1.82, 2.24) is 25.0 Å². The van der Waals surface area contributed by atoms with E-state index in [-0.39, 0.29) is 23.8 Å². The minimum atomic E-state index is -0.328. The summed E-state index contributed by atoms with van der Waals surface area (Å²) in [6.07, 6.45) is 5.88. The molecule has 27 heavy (non-hydrogen) atoms. The topological polar surface area (TPSA) is 89.3 Å². The highest BCUT2D eigenvalue weighted by Gasteiger charge is 2.41. The van der Waals surface area contributed by atoms with Crippen molar-refractivity contribution < 1.29 is 14.3 Å². The van der Waals surface area contributed by atoms with Gasteiger partial charge >= 0.3 is 0 Å². The van der Waals surface area contributed by atoms with Gasteiger partial charge in [-0.1, -0.05) is 0 Å². The molecular weight excluding hydrogens is 346 g/mol. The summed E-state index contributed by atoms with van der Waals surface area (Å²) < 4.78 is 7.02. The van der Waals surface area contributed by atoms with Crippen molar-refractivity contribution in [3.8, 4) is 5.75 Å². The fourth-order valence-corrected chi connectivity index (χ4v) is 3.69. The van der Waals surface area contributed by atoms with Crippen LogP contribution in [0.2, 0.25) is 0 Å². The van der Waals surface area contributed by atoms with E-state index in [1.54, 1.807) is 35.3 Å². The third kappa shape index (κ3) is 3.79. The summed E-state index contributed by atoms with van der Waals surface area (Å²) in [7, 11) is 3.41. The quantitative estimate of drug-likeness (QED) is 0.830. The Balaban J connectivity index is 1.81. The summed E-state index contributed by atoms with van der Waals surface area (Å²) in [6, 6.07) is 3.38. The van der Waals surface area contributed by atoms with E-state index in [1.165, 1.54) is 0 Å². The van der Waals surface area contributed by atoms with Gasteiger partial charge in [0.1, 0.15) is 5.75 Å². The largest absolute Gasteiger partial charge is 0.495 e. The Morgan fingerprint density at radius 2 is 2.19 bits per heavy atom. The van der Waals surface area contributed by atoms with Crippen molar-refractivity contribution >= 4 is 11.8 Å². The number of aromatic nitrogens is 3. The number of piperidine rings is 1. The van der Waals surface area contributed by atoms with E-state index in [0.29, 0.717) is 31.7 Å². The molecule has 1 N–H and O–H groups in total. The molecule has 8 nitrogen and oxygen atoms in total. The summed E-state index contributed by atoms with van der Waals surface area (Å²) in [5.41, 5.74) is 1.73. The van der Waals surface area contributed by atoms with Crippen LogP contribution < -0.4 is 10.1 Å². The summed E-state index contributed by atoms with van der Waals surface area (Å²) in [5, 5.41) is 7.22. The maximum atomic E-state index is 13.0. The molecule has 0 bridgehead atoms. The number of carbonyl (C=O) groups excluding carboxylic acids is 2. The van der Waals surface area contributed by atoms with Gasteiger partial charge in [0.05, 0.1) is 31.0 Å². The number of hydrogen-bond acceptors (Lipinski definition) is 5. The molecule has 0 radical (unpaired) electrons. The van der Waals surface area contributed by atoms with Crippen LogP contribution in [0, 0.1) is 5.92 Å². The van der Waals surface area contributed by atoms with Gasteiger partial charge in [-0.2, -0.15) is 5.10 Å². The number of nitrogens with zero attached hydrogens (tertiary/aromatic N) is 4. The monoisotopic (exact) mass is 371 g/mol. The predicted molar refractivity (Wildman–Crippen MR) is 98.7 cm³/mol. The maximum absolute atomic E-state index is 13.0. The first-order chi connectivity index (χ1) is 13.1. The number of methoxy groups -OCH3 is 1. The van der Waals surface area contributed by atoms with E-state index < -0.39 is 0 Å². The van der Waals surface area contributed by atoms with Gasteiger partial charge in [-0.25, -0.2) is 0 Å². The molecule has 2 atom stereocenters. The Labute approximate surface area is 158 Å². The lowest BCUT2D eigenvalue weighted by Crippen LogP contribution is -2.48. The lowest BCUT2D eigenvalue weighted by molar-refractivity contribution is -0.143. The first-order valence-corrected chi connectivity index (χ1v) is 9.08. The number of amides is 2.